The highest BCUT2D eigenvalue weighted by Gasteiger charge is 2.09. The first kappa shape index (κ1) is 14.2. The van der Waals surface area contributed by atoms with Crippen LogP contribution in [-0.4, -0.2) is 49.0 Å². The number of hydrogen-bond acceptors (Lipinski definition) is 3. The quantitative estimate of drug-likeness (QED) is 0.793. The van der Waals surface area contributed by atoms with E-state index in [0.717, 1.165) is 0 Å². The average Bonchev–Trinajstić information content (AvgIpc) is 2.34. The molecule has 0 bridgehead atoms. The van der Waals surface area contributed by atoms with E-state index in [1.165, 1.54) is 17.3 Å². The summed E-state index contributed by atoms with van der Waals surface area (Å²) in [5.74, 6) is -0.313. The number of rotatable bonds is 4. The van der Waals surface area contributed by atoms with Gasteiger partial charge < -0.3 is 15.5 Å². The first-order chi connectivity index (χ1) is 8.52. The number of aromatic nitrogens is 1. The highest BCUT2D eigenvalue weighted by molar-refractivity contribution is 6.33. The van der Waals surface area contributed by atoms with Crippen LogP contribution in [-0.2, 0) is 0 Å². The number of pyridine rings is 1. The van der Waals surface area contributed by atoms with Crippen LogP contribution in [0.5, 0.6) is 0 Å². The van der Waals surface area contributed by atoms with E-state index in [1.807, 2.05) is 0 Å². The predicted octanol–water partition coefficient (Wildman–Crippen LogP) is 0.736. The van der Waals surface area contributed by atoms with Gasteiger partial charge in [0, 0.05) is 39.6 Å². The Morgan fingerprint density at radius 2 is 2.00 bits per heavy atom. The zero-order chi connectivity index (χ0) is 13.5. The summed E-state index contributed by atoms with van der Waals surface area (Å²) in [5.41, 5.74) is 0.318. The molecule has 6 nitrogen and oxygen atoms in total. The third-order valence-corrected chi connectivity index (χ3v) is 2.44. The van der Waals surface area contributed by atoms with Gasteiger partial charge in [-0.25, -0.2) is 4.79 Å². The van der Waals surface area contributed by atoms with E-state index >= 15 is 0 Å². The van der Waals surface area contributed by atoms with Gasteiger partial charge in [-0.3, -0.25) is 9.78 Å². The molecule has 0 aromatic carbocycles. The summed E-state index contributed by atoms with van der Waals surface area (Å²) in [5, 5.41) is 5.61. The zero-order valence-corrected chi connectivity index (χ0v) is 11.0. The Labute approximate surface area is 110 Å². The lowest BCUT2D eigenvalue weighted by Gasteiger charge is -2.12. The van der Waals surface area contributed by atoms with Crippen molar-refractivity contribution < 1.29 is 9.59 Å². The molecule has 0 radical (unpaired) electrons. The van der Waals surface area contributed by atoms with Gasteiger partial charge in [0.2, 0.25) is 0 Å². The standard InChI is InChI=1S/C11H15ClN4O2/c1-16(2)11(18)15-6-5-14-10(17)8-7-13-4-3-9(8)12/h3-4,7H,5-6H2,1-2H3,(H,14,17)(H,15,18). The SMILES string of the molecule is CN(C)C(=O)NCCNC(=O)c1cnccc1Cl. The van der Waals surface area contributed by atoms with Gasteiger partial charge in [0.1, 0.15) is 0 Å². The summed E-state index contributed by atoms with van der Waals surface area (Å²) >= 11 is 5.85. The Bertz CT molecular complexity index is 437. The monoisotopic (exact) mass is 270 g/mol. The molecule has 1 aromatic rings. The maximum absolute atomic E-state index is 11.7. The highest BCUT2D eigenvalue weighted by atomic mass is 35.5. The molecule has 0 fully saturated rings. The lowest BCUT2D eigenvalue weighted by Crippen LogP contribution is -2.39. The topological polar surface area (TPSA) is 74.3 Å². The maximum atomic E-state index is 11.7. The second-order valence-corrected chi connectivity index (χ2v) is 4.14. The Morgan fingerprint density at radius 1 is 1.33 bits per heavy atom. The molecule has 0 aliphatic carbocycles. The second-order valence-electron chi connectivity index (χ2n) is 3.74. The third kappa shape index (κ3) is 4.21. The molecule has 0 spiro atoms. The Hall–Kier alpha value is -1.82. The van der Waals surface area contributed by atoms with E-state index < -0.39 is 0 Å². The fourth-order valence-electron chi connectivity index (χ4n) is 1.14. The summed E-state index contributed by atoms with van der Waals surface area (Å²) in [4.78, 5) is 28.1. The van der Waals surface area contributed by atoms with E-state index in [0.29, 0.717) is 23.7 Å². The minimum absolute atomic E-state index is 0.205. The van der Waals surface area contributed by atoms with Crippen LogP contribution < -0.4 is 10.6 Å². The number of hydrogen-bond donors (Lipinski definition) is 2. The number of halogens is 1. The van der Waals surface area contributed by atoms with Crippen LogP contribution in [0, 0.1) is 0 Å². The van der Waals surface area contributed by atoms with Gasteiger partial charge in [-0.2, -0.15) is 0 Å². The van der Waals surface area contributed by atoms with Gasteiger partial charge in [0.15, 0.2) is 0 Å². The molecule has 1 aromatic heterocycles. The van der Waals surface area contributed by atoms with E-state index in [1.54, 1.807) is 20.2 Å². The van der Waals surface area contributed by atoms with Crippen molar-refractivity contribution in [1.29, 1.82) is 0 Å². The van der Waals surface area contributed by atoms with Crippen molar-refractivity contribution in [3.63, 3.8) is 0 Å². The van der Waals surface area contributed by atoms with Crippen LogP contribution in [0.15, 0.2) is 18.5 Å². The minimum atomic E-state index is -0.313. The van der Waals surface area contributed by atoms with Gasteiger partial charge >= 0.3 is 6.03 Å². The van der Waals surface area contributed by atoms with Gasteiger partial charge in [-0.05, 0) is 6.07 Å². The molecule has 1 heterocycles. The number of carbonyl (C=O) groups excluding carboxylic acids is 2. The first-order valence-electron chi connectivity index (χ1n) is 5.35. The van der Waals surface area contributed by atoms with Crippen LogP contribution >= 0.6 is 11.6 Å². The van der Waals surface area contributed by atoms with Crippen molar-refractivity contribution in [2.75, 3.05) is 27.2 Å². The fraction of sp³-hybridized carbons (Fsp3) is 0.364. The molecule has 3 amide bonds. The molecule has 98 valence electrons. The lowest BCUT2D eigenvalue weighted by molar-refractivity contribution is 0.0953. The largest absolute Gasteiger partial charge is 0.350 e. The van der Waals surface area contributed by atoms with Gasteiger partial charge in [0.25, 0.3) is 5.91 Å². The number of nitrogens with one attached hydrogen (secondary N) is 2. The third-order valence-electron chi connectivity index (χ3n) is 2.11. The molecule has 18 heavy (non-hydrogen) atoms. The van der Waals surface area contributed by atoms with Crippen LogP contribution in [0.2, 0.25) is 5.02 Å². The average molecular weight is 271 g/mol. The number of carbonyl (C=O) groups is 2. The van der Waals surface area contributed by atoms with Crippen molar-refractivity contribution in [2.24, 2.45) is 0 Å². The van der Waals surface area contributed by atoms with E-state index in [2.05, 4.69) is 15.6 Å². The molecular formula is C11H15ClN4O2. The van der Waals surface area contributed by atoms with Crippen molar-refractivity contribution in [3.8, 4) is 0 Å². The Balaban J connectivity index is 2.35. The minimum Gasteiger partial charge on any atom is -0.350 e. The summed E-state index contributed by atoms with van der Waals surface area (Å²) < 4.78 is 0. The van der Waals surface area contributed by atoms with Crippen LogP contribution in [0.25, 0.3) is 0 Å². The number of urea groups is 1. The van der Waals surface area contributed by atoms with Gasteiger partial charge in [-0.15, -0.1) is 0 Å². The van der Waals surface area contributed by atoms with Crippen LogP contribution in [0.3, 0.4) is 0 Å². The summed E-state index contributed by atoms with van der Waals surface area (Å²) in [6.07, 6.45) is 2.91. The molecular weight excluding hydrogens is 256 g/mol. The zero-order valence-electron chi connectivity index (χ0n) is 10.2. The van der Waals surface area contributed by atoms with Crippen LogP contribution in [0.1, 0.15) is 10.4 Å². The summed E-state index contributed by atoms with van der Waals surface area (Å²) in [7, 11) is 3.28. The molecule has 0 unspecified atom stereocenters. The molecule has 1 rings (SSSR count). The van der Waals surface area contributed by atoms with Crippen LogP contribution in [0.4, 0.5) is 4.79 Å². The second kappa shape index (κ2) is 6.80. The van der Waals surface area contributed by atoms with Crippen molar-refractivity contribution in [1.82, 2.24) is 20.5 Å². The molecule has 0 aliphatic heterocycles. The first-order valence-corrected chi connectivity index (χ1v) is 5.73. The summed E-state index contributed by atoms with van der Waals surface area (Å²) in [6, 6.07) is 1.34. The molecule has 0 aliphatic rings. The van der Waals surface area contributed by atoms with Gasteiger partial charge in [-0.1, -0.05) is 11.6 Å². The van der Waals surface area contributed by atoms with E-state index in [-0.39, 0.29) is 11.9 Å². The molecule has 2 N–H and O–H groups in total. The molecule has 0 atom stereocenters. The molecule has 7 heteroatoms. The highest BCUT2D eigenvalue weighted by Crippen LogP contribution is 2.12. The van der Waals surface area contributed by atoms with Crippen molar-refractivity contribution in [3.05, 3.63) is 29.0 Å². The van der Waals surface area contributed by atoms with Gasteiger partial charge in [0.05, 0.1) is 10.6 Å². The lowest BCUT2D eigenvalue weighted by atomic mass is 10.2. The Kier molecular flexibility index (Phi) is 5.38. The maximum Gasteiger partial charge on any atom is 0.316 e. The van der Waals surface area contributed by atoms with Crippen molar-refractivity contribution in [2.45, 2.75) is 0 Å². The molecule has 0 saturated carbocycles. The van der Waals surface area contributed by atoms with E-state index in [9.17, 15) is 9.59 Å². The fourth-order valence-corrected chi connectivity index (χ4v) is 1.33. The molecule has 0 saturated heterocycles. The van der Waals surface area contributed by atoms with Crippen molar-refractivity contribution >= 4 is 23.5 Å². The summed E-state index contributed by atoms with van der Waals surface area (Å²) in [6.45, 7) is 0.671. The number of nitrogens with zero attached hydrogens (tertiary/aromatic N) is 2. The predicted molar refractivity (Wildman–Crippen MR) is 68.7 cm³/mol. The normalized spacial score (nSPS) is 9.72. The van der Waals surface area contributed by atoms with E-state index in [4.69, 9.17) is 11.6 Å². The Morgan fingerprint density at radius 3 is 2.61 bits per heavy atom. The number of amides is 3. The smallest absolute Gasteiger partial charge is 0.316 e.